The zero-order valence-corrected chi connectivity index (χ0v) is 14.3. The minimum atomic E-state index is -0.652. The second-order valence-corrected chi connectivity index (χ2v) is 6.83. The van der Waals surface area contributed by atoms with Crippen molar-refractivity contribution in [3.05, 3.63) is 86.6 Å². The number of hydrogen-bond donors (Lipinski definition) is 2. The summed E-state index contributed by atoms with van der Waals surface area (Å²) in [4.78, 5) is 12.7. The van der Waals surface area contributed by atoms with Crippen molar-refractivity contribution in [3.8, 4) is 0 Å². The third-order valence-corrected chi connectivity index (χ3v) is 4.98. The van der Waals surface area contributed by atoms with Gasteiger partial charge in [0.15, 0.2) is 0 Å². The number of hydrogen-bond acceptors (Lipinski definition) is 3. The fraction of sp³-hybridized carbons (Fsp3) is 0.111. The van der Waals surface area contributed by atoms with E-state index >= 15 is 0 Å². The molecule has 2 heterocycles. The van der Waals surface area contributed by atoms with E-state index in [1.165, 1.54) is 6.07 Å². The molecule has 6 heteroatoms. The molecule has 0 aliphatic heterocycles. The monoisotopic (exact) mass is 357 g/mol. The van der Waals surface area contributed by atoms with E-state index in [9.17, 15) is 4.79 Å². The molecule has 1 unspecified atom stereocenters. The van der Waals surface area contributed by atoms with Crippen molar-refractivity contribution in [1.82, 2.24) is 4.57 Å². The molecule has 24 heavy (non-hydrogen) atoms. The van der Waals surface area contributed by atoms with Crippen molar-refractivity contribution < 1.29 is 4.79 Å². The van der Waals surface area contributed by atoms with Crippen molar-refractivity contribution in [2.24, 2.45) is 5.73 Å². The molecule has 3 rings (SSSR count). The molecule has 122 valence electrons. The Kier molecular flexibility index (Phi) is 4.83. The van der Waals surface area contributed by atoms with Gasteiger partial charge in [0.2, 0.25) is 0 Å². The van der Waals surface area contributed by atoms with E-state index in [4.69, 9.17) is 22.7 Å². The number of rotatable bonds is 5. The van der Waals surface area contributed by atoms with Gasteiger partial charge in [-0.3, -0.25) is 10.2 Å². The van der Waals surface area contributed by atoms with Gasteiger partial charge in [0.1, 0.15) is 5.49 Å². The van der Waals surface area contributed by atoms with Crippen LogP contribution in [-0.2, 0) is 6.42 Å². The molecule has 2 aromatic heterocycles. The first-order valence-corrected chi connectivity index (χ1v) is 8.65. The number of carbonyl (C=O) groups is 1. The summed E-state index contributed by atoms with van der Waals surface area (Å²) in [5, 5.41) is 10.8. The van der Waals surface area contributed by atoms with Crippen LogP contribution < -0.4 is 11.2 Å². The van der Waals surface area contributed by atoms with Gasteiger partial charge in [-0.1, -0.05) is 48.0 Å². The highest BCUT2D eigenvalue weighted by Gasteiger charge is 2.19. The molecule has 0 bridgehead atoms. The molecular formula is C18H16ClN3OS. The molecule has 0 spiro atoms. The Balaban J connectivity index is 2.13. The van der Waals surface area contributed by atoms with Crippen molar-refractivity contribution in [2.75, 3.05) is 0 Å². The molecule has 0 aliphatic rings. The van der Waals surface area contributed by atoms with E-state index < -0.39 is 5.91 Å². The first kappa shape index (κ1) is 16.5. The summed E-state index contributed by atoms with van der Waals surface area (Å²) in [5.74, 6) is -0.652. The number of thiophene rings is 1. The lowest BCUT2D eigenvalue weighted by molar-refractivity contribution is 0.0997. The summed E-state index contributed by atoms with van der Waals surface area (Å²) >= 11 is 7.78. The zero-order chi connectivity index (χ0) is 17.1. The number of primary amides is 1. The molecule has 1 amide bonds. The van der Waals surface area contributed by atoms with Gasteiger partial charge in [-0.05, 0) is 29.5 Å². The lowest BCUT2D eigenvalue weighted by Gasteiger charge is -2.21. The first-order valence-electron chi connectivity index (χ1n) is 7.39. The molecule has 3 N–H and O–H groups in total. The summed E-state index contributed by atoms with van der Waals surface area (Å²) in [7, 11) is 0. The number of nitrogens with two attached hydrogens (primary N) is 1. The average molecular weight is 358 g/mol. The summed E-state index contributed by atoms with van der Waals surface area (Å²) in [5.41, 5.74) is 6.73. The molecular weight excluding hydrogens is 342 g/mol. The minimum Gasteiger partial charge on any atom is -0.365 e. The van der Waals surface area contributed by atoms with E-state index in [0.29, 0.717) is 11.4 Å². The van der Waals surface area contributed by atoms with Gasteiger partial charge >= 0.3 is 0 Å². The molecule has 3 aromatic rings. The van der Waals surface area contributed by atoms with Gasteiger partial charge in [0.05, 0.1) is 16.6 Å². The molecule has 1 aromatic carbocycles. The number of pyridine rings is 1. The highest BCUT2D eigenvalue weighted by Crippen LogP contribution is 2.27. The molecule has 4 nitrogen and oxygen atoms in total. The lowest BCUT2D eigenvalue weighted by Crippen LogP contribution is -2.32. The largest absolute Gasteiger partial charge is 0.365 e. The third kappa shape index (κ3) is 3.42. The van der Waals surface area contributed by atoms with Gasteiger partial charge in [-0.2, -0.15) is 0 Å². The van der Waals surface area contributed by atoms with Crippen molar-refractivity contribution in [3.63, 3.8) is 0 Å². The predicted octanol–water partition coefficient (Wildman–Crippen LogP) is 3.61. The highest BCUT2D eigenvalue weighted by molar-refractivity contribution is 7.10. The number of nitrogens with one attached hydrogen (secondary N) is 1. The molecule has 0 saturated heterocycles. The van der Waals surface area contributed by atoms with Crippen LogP contribution in [0.2, 0.25) is 5.02 Å². The fourth-order valence-corrected chi connectivity index (χ4v) is 3.71. The Hall–Kier alpha value is -2.37. The van der Waals surface area contributed by atoms with Crippen LogP contribution in [-0.4, -0.2) is 10.5 Å². The minimum absolute atomic E-state index is 0.0706. The van der Waals surface area contributed by atoms with Crippen LogP contribution in [0, 0.1) is 5.41 Å². The van der Waals surface area contributed by atoms with Gasteiger partial charge in [0, 0.05) is 11.1 Å². The van der Waals surface area contributed by atoms with Crippen molar-refractivity contribution in [1.29, 1.82) is 5.41 Å². The summed E-state index contributed by atoms with van der Waals surface area (Å²) in [6, 6.07) is 15.3. The van der Waals surface area contributed by atoms with Crippen molar-refractivity contribution in [2.45, 2.75) is 12.5 Å². The van der Waals surface area contributed by atoms with E-state index in [2.05, 4.69) is 0 Å². The summed E-state index contributed by atoms with van der Waals surface area (Å²) in [6.45, 7) is 0. The van der Waals surface area contributed by atoms with Gasteiger partial charge in [0.25, 0.3) is 5.91 Å². The van der Waals surface area contributed by atoms with Crippen LogP contribution in [0.3, 0.4) is 0 Å². The van der Waals surface area contributed by atoms with Crippen LogP contribution in [0.1, 0.15) is 26.8 Å². The topological polar surface area (TPSA) is 71.9 Å². The average Bonchev–Trinajstić information content (AvgIpc) is 3.09. The van der Waals surface area contributed by atoms with Crippen LogP contribution in [0.25, 0.3) is 0 Å². The van der Waals surface area contributed by atoms with Gasteiger partial charge in [-0.15, -0.1) is 11.3 Å². The van der Waals surface area contributed by atoms with Gasteiger partial charge in [-0.25, -0.2) is 0 Å². The quantitative estimate of drug-likeness (QED) is 0.719. The molecule has 1 atom stereocenters. The molecule has 0 saturated carbocycles. The zero-order valence-electron chi connectivity index (χ0n) is 12.8. The predicted molar refractivity (Wildman–Crippen MR) is 96.4 cm³/mol. The van der Waals surface area contributed by atoms with E-state index in [1.54, 1.807) is 22.1 Å². The number of amides is 1. The summed E-state index contributed by atoms with van der Waals surface area (Å²) < 4.78 is 1.72. The number of aromatic nitrogens is 1. The third-order valence-electron chi connectivity index (χ3n) is 3.80. The Labute approximate surface area is 148 Å². The maximum absolute atomic E-state index is 11.6. The molecule has 0 fully saturated rings. The highest BCUT2D eigenvalue weighted by atomic mass is 35.5. The summed E-state index contributed by atoms with van der Waals surface area (Å²) in [6.07, 6.45) is 2.38. The smallest absolute Gasteiger partial charge is 0.252 e. The number of nitrogens with zero attached hydrogens (tertiary/aromatic N) is 1. The standard InChI is InChI=1S/C18H16ClN3OS/c19-13-10-14(18(21)23)17(20)22(11-13)15(16-7-4-8-24-16)9-12-5-2-1-3-6-12/h1-8,10-11,15,20H,9H2,(H2,21,23). The Morgan fingerprint density at radius 2 is 2.00 bits per heavy atom. The Morgan fingerprint density at radius 1 is 1.25 bits per heavy atom. The SMILES string of the molecule is N=c1c(C(N)=O)cc(Cl)cn1C(Cc1ccccc1)c1cccs1. The van der Waals surface area contributed by atoms with E-state index in [-0.39, 0.29) is 17.1 Å². The number of halogens is 1. The number of carbonyl (C=O) groups excluding carboxylic acids is 1. The van der Waals surface area contributed by atoms with E-state index in [0.717, 1.165) is 10.4 Å². The first-order chi connectivity index (χ1) is 11.6. The van der Waals surface area contributed by atoms with Crippen LogP contribution in [0.4, 0.5) is 0 Å². The Morgan fingerprint density at radius 3 is 2.62 bits per heavy atom. The van der Waals surface area contributed by atoms with Crippen LogP contribution in [0.5, 0.6) is 0 Å². The van der Waals surface area contributed by atoms with Crippen LogP contribution in [0.15, 0.2) is 60.1 Å². The number of benzene rings is 1. The van der Waals surface area contributed by atoms with E-state index in [1.807, 2.05) is 47.8 Å². The fourth-order valence-electron chi connectivity index (χ4n) is 2.67. The molecule has 0 aliphatic carbocycles. The second kappa shape index (κ2) is 7.03. The maximum atomic E-state index is 11.6. The normalized spacial score (nSPS) is 12.0. The van der Waals surface area contributed by atoms with Gasteiger partial charge < -0.3 is 10.3 Å². The second-order valence-electron chi connectivity index (χ2n) is 5.41. The lowest BCUT2D eigenvalue weighted by atomic mass is 10.0. The maximum Gasteiger partial charge on any atom is 0.252 e. The van der Waals surface area contributed by atoms with Crippen LogP contribution >= 0.6 is 22.9 Å². The van der Waals surface area contributed by atoms with Crippen molar-refractivity contribution >= 4 is 28.8 Å². The molecule has 0 radical (unpaired) electrons. The Bertz CT molecular complexity index is 904.